The van der Waals surface area contributed by atoms with Crippen molar-refractivity contribution in [2.75, 3.05) is 13.1 Å². The summed E-state index contributed by atoms with van der Waals surface area (Å²) < 4.78 is 29.3. The molecule has 2 aliphatic heterocycles. The van der Waals surface area contributed by atoms with Gasteiger partial charge in [0.1, 0.15) is 29.4 Å². The molecule has 0 bridgehead atoms. The van der Waals surface area contributed by atoms with Gasteiger partial charge >= 0.3 is 25.3 Å². The summed E-state index contributed by atoms with van der Waals surface area (Å²) in [5.74, 6) is -1.27. The Morgan fingerprint density at radius 2 is 1.57 bits per heavy atom. The van der Waals surface area contributed by atoms with Crippen LogP contribution in [0.15, 0.2) is 30.3 Å². The molecule has 2 fully saturated rings. The van der Waals surface area contributed by atoms with E-state index >= 15 is 0 Å². The molecule has 284 valence electrons. The van der Waals surface area contributed by atoms with Crippen LogP contribution in [0.5, 0.6) is 0 Å². The number of nitrogens with one attached hydrogen (secondary N) is 3. The Morgan fingerprint density at radius 1 is 0.961 bits per heavy atom. The molecule has 2 saturated heterocycles. The predicted octanol–water partition coefficient (Wildman–Crippen LogP) is 4.50. The summed E-state index contributed by atoms with van der Waals surface area (Å²) in [5, 5.41) is 7.79. The smallest absolute Gasteiger partial charge is 0.457 e. The van der Waals surface area contributed by atoms with Gasteiger partial charge in [-0.25, -0.2) is 14.4 Å². The maximum absolute atomic E-state index is 14.3. The molecule has 3 rings (SSSR count). The van der Waals surface area contributed by atoms with E-state index in [1.54, 1.807) is 41.5 Å². The lowest BCUT2D eigenvalue weighted by Gasteiger charge is -2.37. The van der Waals surface area contributed by atoms with Crippen LogP contribution in [0.25, 0.3) is 0 Å². The monoisotopic (exact) mass is 716 g/mol. The third-order valence-corrected chi connectivity index (χ3v) is 9.05. The van der Waals surface area contributed by atoms with Crippen molar-refractivity contribution in [1.82, 2.24) is 20.9 Å². The summed E-state index contributed by atoms with van der Waals surface area (Å²) in [6.07, 6.45) is 0.732. The number of ether oxygens (including phenoxy) is 3. The van der Waals surface area contributed by atoms with E-state index in [4.69, 9.17) is 23.5 Å². The number of hydrogen-bond donors (Lipinski definition) is 3. The molecule has 1 aromatic carbocycles. The second-order valence-electron chi connectivity index (χ2n) is 16.3. The number of hydrogen-bond acceptors (Lipinski definition) is 10. The quantitative estimate of drug-likeness (QED) is 0.0819. The first-order valence-corrected chi connectivity index (χ1v) is 17.6. The minimum atomic E-state index is -1.50. The highest BCUT2D eigenvalue weighted by molar-refractivity contribution is 6.45. The molecule has 2 heterocycles. The summed E-state index contributed by atoms with van der Waals surface area (Å²) in [7, 11) is -0.428. The molecule has 3 N–H and O–H groups in total. The molecule has 2 unspecified atom stereocenters. The first kappa shape index (κ1) is 41.6. The number of likely N-dealkylation sites (tertiary alicyclic amines) is 1. The Morgan fingerprint density at radius 3 is 2.14 bits per heavy atom. The minimum Gasteiger partial charge on any atom is -0.459 e. The van der Waals surface area contributed by atoms with Crippen LogP contribution >= 0.6 is 0 Å². The summed E-state index contributed by atoms with van der Waals surface area (Å²) in [6, 6.07) is 7.25. The van der Waals surface area contributed by atoms with Gasteiger partial charge in [0.2, 0.25) is 12.3 Å². The maximum atomic E-state index is 14.3. The van der Waals surface area contributed by atoms with Gasteiger partial charge in [0, 0.05) is 25.6 Å². The number of alkyl carbamates (subject to hydrolysis) is 1. The number of benzene rings is 1. The number of amides is 4. The lowest BCUT2D eigenvalue weighted by molar-refractivity contribution is -0.158. The van der Waals surface area contributed by atoms with Crippen LogP contribution in [-0.4, -0.2) is 95.6 Å². The van der Waals surface area contributed by atoms with E-state index in [2.05, 4.69) is 16.0 Å². The van der Waals surface area contributed by atoms with Crippen molar-refractivity contribution < 1.29 is 47.5 Å². The van der Waals surface area contributed by atoms with Crippen LogP contribution in [0.1, 0.15) is 100 Å². The van der Waals surface area contributed by atoms with Crippen molar-refractivity contribution in [1.29, 1.82) is 0 Å². The Balaban J connectivity index is 1.88. The number of rotatable bonds is 14. The SMILES string of the molecule is CC(C)(C)OC(=O)NC(CNC=O)C(=O)NC1CN(C(=O)OC(C)(C)C)[C@@](CCCCB2OC(C)(C)C(C)(C)O2)(C(=O)OCc2ccccc2)C1. The van der Waals surface area contributed by atoms with E-state index in [0.717, 1.165) is 5.56 Å². The molecule has 1 aromatic rings. The van der Waals surface area contributed by atoms with Gasteiger partial charge in [-0.1, -0.05) is 43.2 Å². The molecule has 3 atom stereocenters. The van der Waals surface area contributed by atoms with Gasteiger partial charge in [-0.05, 0) is 87.5 Å². The van der Waals surface area contributed by atoms with Crippen molar-refractivity contribution in [3.8, 4) is 0 Å². The molecule has 0 radical (unpaired) electrons. The molecule has 2 aliphatic rings. The summed E-state index contributed by atoms with van der Waals surface area (Å²) in [4.78, 5) is 66.7. The molecule has 0 aliphatic carbocycles. The maximum Gasteiger partial charge on any atom is 0.457 e. The minimum absolute atomic E-state index is 0.0162. The predicted molar refractivity (Wildman–Crippen MR) is 190 cm³/mol. The number of unbranched alkanes of at least 4 members (excludes halogenated alkanes) is 1. The molecular weight excluding hydrogens is 659 g/mol. The highest BCUT2D eigenvalue weighted by atomic mass is 16.7. The van der Waals surface area contributed by atoms with Crippen LogP contribution in [0, 0.1) is 0 Å². The average molecular weight is 717 g/mol. The fraction of sp³-hybridized carbons (Fsp3) is 0.694. The Kier molecular flexibility index (Phi) is 13.6. The van der Waals surface area contributed by atoms with Gasteiger partial charge in [0.05, 0.1) is 11.2 Å². The highest BCUT2D eigenvalue weighted by Crippen LogP contribution is 2.40. The van der Waals surface area contributed by atoms with Gasteiger partial charge in [0.15, 0.2) is 0 Å². The lowest BCUT2D eigenvalue weighted by atomic mass is 9.80. The van der Waals surface area contributed by atoms with Crippen molar-refractivity contribution in [3.05, 3.63) is 35.9 Å². The zero-order valence-corrected chi connectivity index (χ0v) is 31.9. The van der Waals surface area contributed by atoms with Crippen molar-refractivity contribution in [3.63, 3.8) is 0 Å². The summed E-state index contributed by atoms with van der Waals surface area (Å²) in [5.41, 5.74) is -3.40. The summed E-state index contributed by atoms with van der Waals surface area (Å²) in [6.45, 7) is 17.9. The first-order valence-electron chi connectivity index (χ1n) is 17.6. The van der Waals surface area contributed by atoms with Gasteiger partial charge in [-0.15, -0.1) is 0 Å². The number of carbonyl (C=O) groups is 5. The second kappa shape index (κ2) is 16.7. The van der Waals surface area contributed by atoms with Gasteiger partial charge in [-0.3, -0.25) is 14.5 Å². The molecule has 15 heteroatoms. The number of nitrogens with zero attached hydrogens (tertiary/aromatic N) is 1. The van der Waals surface area contributed by atoms with E-state index in [0.29, 0.717) is 25.6 Å². The van der Waals surface area contributed by atoms with Crippen molar-refractivity contribution >= 4 is 37.6 Å². The first-order chi connectivity index (χ1) is 23.6. The van der Waals surface area contributed by atoms with Crippen molar-refractivity contribution in [2.45, 2.75) is 148 Å². The lowest BCUT2D eigenvalue weighted by Crippen LogP contribution is -2.55. The van der Waals surface area contributed by atoms with E-state index in [1.165, 1.54) is 4.90 Å². The molecule has 0 aromatic heterocycles. The van der Waals surface area contributed by atoms with E-state index in [9.17, 15) is 24.0 Å². The van der Waals surface area contributed by atoms with Crippen LogP contribution < -0.4 is 16.0 Å². The second-order valence-corrected chi connectivity index (χ2v) is 16.3. The molecule has 0 saturated carbocycles. The number of esters is 1. The average Bonchev–Trinajstić information content (AvgIpc) is 3.47. The molecular formula is C36H57BN4O10. The van der Waals surface area contributed by atoms with E-state index < -0.39 is 71.2 Å². The standard InChI is InChI=1S/C36H57BN4O10/c1-32(2,3)48-30(45)40-27(21-38-24-42)28(43)39-26-20-36(41(22-26)31(46)49-33(4,5)6,29(44)47-23-25-16-12-11-13-17-25)18-14-15-19-37-50-34(7,8)35(9,10)51-37/h11-13,16-17,24,26-27H,14-15,18-23H2,1-10H3,(H,38,42)(H,39,43)(H,40,45)/t26?,27?,36-/m1/s1. The van der Waals surface area contributed by atoms with Gasteiger partial charge < -0.3 is 39.5 Å². The van der Waals surface area contributed by atoms with Gasteiger partial charge in [-0.2, -0.15) is 0 Å². The van der Waals surface area contributed by atoms with E-state index in [1.807, 2.05) is 58.0 Å². The third kappa shape index (κ3) is 11.8. The molecule has 14 nitrogen and oxygen atoms in total. The largest absolute Gasteiger partial charge is 0.459 e. The fourth-order valence-corrected chi connectivity index (χ4v) is 5.97. The third-order valence-electron chi connectivity index (χ3n) is 9.05. The fourth-order valence-electron chi connectivity index (χ4n) is 5.97. The summed E-state index contributed by atoms with van der Waals surface area (Å²) >= 11 is 0. The van der Waals surface area contributed by atoms with Gasteiger partial charge in [0.25, 0.3) is 0 Å². The topological polar surface area (TPSA) is 171 Å². The Labute approximate surface area is 302 Å². The van der Waals surface area contributed by atoms with Crippen LogP contribution in [0.4, 0.5) is 9.59 Å². The molecule has 4 amide bonds. The Hall–Kier alpha value is -3.85. The van der Waals surface area contributed by atoms with E-state index in [-0.39, 0.29) is 32.5 Å². The number of carbonyl (C=O) groups excluding carboxylic acids is 5. The normalized spacial score (nSPS) is 21.7. The Bertz CT molecular complexity index is 1360. The van der Waals surface area contributed by atoms with Crippen LogP contribution in [-0.2, 0) is 44.5 Å². The van der Waals surface area contributed by atoms with Crippen molar-refractivity contribution in [2.24, 2.45) is 0 Å². The highest BCUT2D eigenvalue weighted by Gasteiger charge is 2.56. The zero-order valence-electron chi connectivity index (χ0n) is 31.9. The molecule has 0 spiro atoms. The molecule has 51 heavy (non-hydrogen) atoms. The van der Waals surface area contributed by atoms with Crippen LogP contribution in [0.2, 0.25) is 6.32 Å². The van der Waals surface area contributed by atoms with Crippen LogP contribution in [0.3, 0.4) is 0 Å². The zero-order chi connectivity index (χ0) is 38.3.